The average molecular weight is 586 g/mol. The number of nitrogens with zero attached hydrogens (tertiary/aromatic N) is 8. The van der Waals surface area contributed by atoms with Crippen LogP contribution in [-0.4, -0.2) is 89.7 Å². The van der Waals surface area contributed by atoms with Gasteiger partial charge in [0, 0.05) is 55.8 Å². The molecular formula is C32H43N9O2. The summed E-state index contributed by atoms with van der Waals surface area (Å²) in [6.07, 6.45) is 8.97. The van der Waals surface area contributed by atoms with E-state index in [-0.39, 0.29) is 12.3 Å². The van der Waals surface area contributed by atoms with E-state index in [2.05, 4.69) is 56.9 Å². The lowest BCUT2D eigenvalue weighted by molar-refractivity contribution is -0.0366. The molecular weight excluding hydrogens is 542 g/mol. The van der Waals surface area contributed by atoms with Gasteiger partial charge in [0.25, 0.3) is 0 Å². The molecule has 3 atom stereocenters. The monoisotopic (exact) mass is 585 g/mol. The first-order valence-electron chi connectivity index (χ1n) is 16.0. The van der Waals surface area contributed by atoms with Gasteiger partial charge in [0.1, 0.15) is 12.4 Å². The van der Waals surface area contributed by atoms with Gasteiger partial charge in [-0.3, -0.25) is 0 Å². The fraction of sp³-hybridized carbons (Fsp3) is 0.625. The zero-order valence-electron chi connectivity index (χ0n) is 25.5. The van der Waals surface area contributed by atoms with Crippen LogP contribution in [0.5, 0.6) is 6.01 Å². The largest absolute Gasteiger partial charge is 0.462 e. The second-order valence-corrected chi connectivity index (χ2v) is 12.5. The SMILES string of the molecule is Cc1ccc2c(cnn2C2CCCCO2)c1N1CCc2c(nc(OC[C@@H]3CCCN3C)nc2N2CCN[C@@H](CC#N)C2)C1. The zero-order chi connectivity index (χ0) is 29.3. The van der Waals surface area contributed by atoms with Crippen molar-refractivity contribution in [3.63, 3.8) is 0 Å². The van der Waals surface area contributed by atoms with Crippen LogP contribution in [0.25, 0.3) is 10.9 Å². The van der Waals surface area contributed by atoms with Gasteiger partial charge in [0.15, 0.2) is 6.23 Å². The number of nitriles is 1. The highest BCUT2D eigenvalue weighted by atomic mass is 16.5. The fourth-order valence-corrected chi connectivity index (χ4v) is 7.31. The number of aryl methyl sites for hydroxylation is 1. The van der Waals surface area contributed by atoms with Gasteiger partial charge in [-0.25, -0.2) is 4.68 Å². The maximum Gasteiger partial charge on any atom is 0.318 e. The van der Waals surface area contributed by atoms with Gasteiger partial charge in [0.2, 0.25) is 0 Å². The van der Waals surface area contributed by atoms with Crippen molar-refractivity contribution >= 4 is 22.4 Å². The Balaban J connectivity index is 1.21. The molecule has 0 bridgehead atoms. The van der Waals surface area contributed by atoms with E-state index >= 15 is 0 Å². The topological polar surface area (TPSA) is 108 Å². The van der Waals surface area contributed by atoms with Gasteiger partial charge < -0.3 is 29.5 Å². The van der Waals surface area contributed by atoms with E-state index in [9.17, 15) is 5.26 Å². The van der Waals surface area contributed by atoms with Crippen LogP contribution in [-0.2, 0) is 17.7 Å². The van der Waals surface area contributed by atoms with Crippen LogP contribution >= 0.6 is 0 Å². The number of hydrogen-bond donors (Lipinski definition) is 1. The third-order valence-electron chi connectivity index (χ3n) is 9.69. The van der Waals surface area contributed by atoms with Gasteiger partial charge in [-0.05, 0) is 70.7 Å². The molecule has 4 aliphatic rings. The summed E-state index contributed by atoms with van der Waals surface area (Å²) >= 11 is 0. The predicted molar refractivity (Wildman–Crippen MR) is 165 cm³/mol. The molecule has 43 heavy (non-hydrogen) atoms. The number of rotatable bonds is 7. The quantitative estimate of drug-likeness (QED) is 0.442. The molecule has 1 unspecified atom stereocenters. The molecule has 3 fully saturated rings. The number of piperazine rings is 1. The van der Waals surface area contributed by atoms with E-state index in [0.29, 0.717) is 31.6 Å². The van der Waals surface area contributed by atoms with Crippen LogP contribution in [0.15, 0.2) is 18.3 Å². The summed E-state index contributed by atoms with van der Waals surface area (Å²) < 4.78 is 14.5. The summed E-state index contributed by atoms with van der Waals surface area (Å²) in [6, 6.07) is 7.71. The van der Waals surface area contributed by atoms with Gasteiger partial charge in [-0.1, -0.05) is 6.07 Å². The lowest BCUT2D eigenvalue weighted by Gasteiger charge is -2.37. The Kier molecular flexibility index (Phi) is 8.08. The van der Waals surface area contributed by atoms with Crippen molar-refractivity contribution in [2.75, 3.05) is 62.8 Å². The molecule has 3 saturated heterocycles. The van der Waals surface area contributed by atoms with E-state index in [1.54, 1.807) is 0 Å². The van der Waals surface area contributed by atoms with Crippen LogP contribution in [0.2, 0.25) is 0 Å². The lowest BCUT2D eigenvalue weighted by atomic mass is 10.0. The second kappa shape index (κ2) is 12.3. The molecule has 11 heteroatoms. The van der Waals surface area contributed by atoms with E-state index < -0.39 is 0 Å². The molecule has 0 amide bonds. The zero-order valence-corrected chi connectivity index (χ0v) is 25.5. The summed E-state index contributed by atoms with van der Waals surface area (Å²) in [7, 11) is 2.17. The lowest BCUT2D eigenvalue weighted by Crippen LogP contribution is -2.51. The van der Waals surface area contributed by atoms with Gasteiger partial charge >= 0.3 is 6.01 Å². The minimum Gasteiger partial charge on any atom is -0.462 e. The molecule has 0 spiro atoms. The molecule has 0 saturated carbocycles. The first-order valence-corrected chi connectivity index (χ1v) is 16.0. The Morgan fingerprint density at radius 1 is 1.12 bits per heavy atom. The fourth-order valence-electron chi connectivity index (χ4n) is 7.31. The first-order chi connectivity index (χ1) is 21.1. The van der Waals surface area contributed by atoms with Gasteiger partial charge in [-0.2, -0.15) is 20.3 Å². The Hall–Kier alpha value is -3.46. The molecule has 0 radical (unpaired) electrons. The van der Waals surface area contributed by atoms with Crippen molar-refractivity contribution in [3.8, 4) is 12.1 Å². The molecule has 11 nitrogen and oxygen atoms in total. The van der Waals surface area contributed by atoms with E-state index in [1.165, 1.54) is 29.7 Å². The number of benzene rings is 1. The molecule has 7 rings (SSSR count). The van der Waals surface area contributed by atoms with E-state index in [4.69, 9.17) is 24.5 Å². The normalized spacial score (nSPS) is 24.7. The first kappa shape index (κ1) is 28.3. The van der Waals surface area contributed by atoms with Crippen LogP contribution < -0.4 is 19.9 Å². The third-order valence-corrected chi connectivity index (χ3v) is 9.69. The predicted octanol–water partition coefficient (Wildman–Crippen LogP) is 3.56. The molecule has 228 valence electrons. The summed E-state index contributed by atoms with van der Waals surface area (Å²) in [5.74, 6) is 0.973. The Morgan fingerprint density at radius 2 is 2.05 bits per heavy atom. The summed E-state index contributed by atoms with van der Waals surface area (Å²) in [5, 5.41) is 18.8. The number of nitrogens with one attached hydrogen (secondary N) is 1. The molecule has 1 N–H and O–H groups in total. The minimum atomic E-state index is 0.00157. The van der Waals surface area contributed by atoms with Crippen LogP contribution in [0, 0.1) is 18.3 Å². The van der Waals surface area contributed by atoms with Crippen molar-refractivity contribution in [1.82, 2.24) is 30.0 Å². The number of hydrogen-bond acceptors (Lipinski definition) is 10. The smallest absolute Gasteiger partial charge is 0.318 e. The maximum absolute atomic E-state index is 9.34. The molecule has 1 aromatic carbocycles. The summed E-state index contributed by atoms with van der Waals surface area (Å²) in [6.45, 7) is 8.67. The molecule has 2 aromatic heterocycles. The van der Waals surface area contributed by atoms with E-state index in [1.807, 2.05) is 6.20 Å². The Morgan fingerprint density at radius 3 is 2.86 bits per heavy atom. The van der Waals surface area contributed by atoms with Crippen LogP contribution in [0.1, 0.15) is 61.6 Å². The number of anilines is 2. The standard InChI is InChI=1S/C32H43N9O2/c1-22-8-9-28-26(18-35-41(28)29-7-3-4-17-42-29)30(22)39-15-11-25-27(20-39)36-32(43-21-24-6-5-14-38(24)2)37-31(25)40-16-13-34-23(19-40)10-12-33/h8-9,18,23-24,29,34H,3-7,10-11,13-17,19-21H2,1-2H3/t23-,24-,29?/m0/s1. The highest BCUT2D eigenvalue weighted by Crippen LogP contribution is 2.37. The minimum absolute atomic E-state index is 0.00157. The molecule has 0 aliphatic carbocycles. The highest BCUT2D eigenvalue weighted by Gasteiger charge is 2.31. The molecule has 3 aromatic rings. The van der Waals surface area contributed by atoms with Crippen LogP contribution in [0.4, 0.5) is 11.5 Å². The average Bonchev–Trinajstić information content (AvgIpc) is 3.65. The van der Waals surface area contributed by atoms with Crippen molar-refractivity contribution in [2.45, 2.75) is 76.7 Å². The van der Waals surface area contributed by atoms with Crippen molar-refractivity contribution in [2.24, 2.45) is 0 Å². The van der Waals surface area contributed by atoms with Crippen LogP contribution in [0.3, 0.4) is 0 Å². The van der Waals surface area contributed by atoms with Gasteiger partial charge in [0.05, 0.1) is 42.1 Å². The third kappa shape index (κ3) is 5.64. The molecule has 6 heterocycles. The number of likely N-dealkylation sites (N-methyl/N-ethyl adjacent to an activating group) is 1. The highest BCUT2D eigenvalue weighted by molar-refractivity contribution is 5.94. The van der Waals surface area contributed by atoms with Crippen molar-refractivity contribution in [1.29, 1.82) is 5.26 Å². The van der Waals surface area contributed by atoms with E-state index in [0.717, 1.165) is 87.4 Å². The summed E-state index contributed by atoms with van der Waals surface area (Å²) in [4.78, 5) is 17.2. The second-order valence-electron chi connectivity index (χ2n) is 12.5. The Labute approximate surface area is 253 Å². The molecule has 4 aliphatic heterocycles. The number of fused-ring (bicyclic) bond motifs is 2. The maximum atomic E-state index is 9.34. The number of likely N-dealkylation sites (tertiary alicyclic amines) is 1. The number of aromatic nitrogens is 4. The van der Waals surface area contributed by atoms with Crippen molar-refractivity contribution < 1.29 is 9.47 Å². The van der Waals surface area contributed by atoms with Gasteiger partial charge in [-0.15, -0.1) is 0 Å². The Bertz CT molecular complexity index is 1490. The summed E-state index contributed by atoms with van der Waals surface area (Å²) in [5.41, 5.74) is 5.81. The van der Waals surface area contributed by atoms with Crippen molar-refractivity contribution in [3.05, 3.63) is 35.2 Å². The number of ether oxygens (including phenoxy) is 2.